The van der Waals surface area contributed by atoms with Crippen molar-refractivity contribution in [3.05, 3.63) is 23.2 Å². The summed E-state index contributed by atoms with van der Waals surface area (Å²) >= 11 is 0. The number of hydrogen-bond donors (Lipinski definition) is 3. The molecule has 6 heteroatoms. The number of furan rings is 1. The topological polar surface area (TPSA) is 101 Å². The Bertz CT molecular complexity index is 529. The number of carbonyl (C=O) groups is 1. The molecule has 2 rings (SSSR count). The molecule has 19 heavy (non-hydrogen) atoms. The maximum atomic E-state index is 12.2. The molecular weight excluding hydrogens is 246 g/mol. The number of aryl methyl sites for hydroxylation is 2. The smallest absolute Gasteiger partial charge is 0.234 e. The van der Waals surface area contributed by atoms with E-state index in [2.05, 4.69) is 10.5 Å². The Morgan fingerprint density at radius 1 is 1.58 bits per heavy atom. The van der Waals surface area contributed by atoms with Crippen molar-refractivity contribution in [2.75, 3.05) is 0 Å². The van der Waals surface area contributed by atoms with Crippen LogP contribution in [0.15, 0.2) is 15.6 Å². The van der Waals surface area contributed by atoms with Gasteiger partial charge in [0.15, 0.2) is 5.84 Å². The average molecular weight is 265 g/mol. The summed E-state index contributed by atoms with van der Waals surface area (Å²) in [5, 5.41) is 14.6. The van der Waals surface area contributed by atoms with Gasteiger partial charge in [-0.3, -0.25) is 4.79 Å². The number of nitrogens with zero attached hydrogens (tertiary/aromatic N) is 1. The van der Waals surface area contributed by atoms with Crippen molar-refractivity contribution in [1.82, 2.24) is 5.32 Å². The summed E-state index contributed by atoms with van der Waals surface area (Å²) in [6, 6.07) is 1.73. The lowest BCUT2D eigenvalue weighted by molar-refractivity contribution is -0.124. The third kappa shape index (κ3) is 2.30. The average Bonchev–Trinajstić information content (AvgIpc) is 3.09. The zero-order chi connectivity index (χ0) is 14.2. The summed E-state index contributed by atoms with van der Waals surface area (Å²) in [5.74, 6) is 1.39. The fraction of sp³-hybridized carbons (Fsp3) is 0.538. The van der Waals surface area contributed by atoms with E-state index in [1.54, 1.807) is 0 Å². The second-order valence-corrected chi connectivity index (χ2v) is 5.13. The molecule has 1 heterocycles. The fourth-order valence-electron chi connectivity index (χ4n) is 2.31. The van der Waals surface area contributed by atoms with E-state index < -0.39 is 5.41 Å². The van der Waals surface area contributed by atoms with Gasteiger partial charge in [0.25, 0.3) is 0 Å². The lowest BCUT2D eigenvalue weighted by Crippen LogP contribution is -2.41. The lowest BCUT2D eigenvalue weighted by Gasteiger charge is -2.18. The quantitative estimate of drug-likeness (QED) is 0.333. The zero-order valence-corrected chi connectivity index (χ0v) is 11.4. The molecule has 104 valence electrons. The summed E-state index contributed by atoms with van der Waals surface area (Å²) in [7, 11) is 0. The summed E-state index contributed by atoms with van der Waals surface area (Å²) in [6.45, 7) is 5.61. The van der Waals surface area contributed by atoms with E-state index >= 15 is 0 Å². The van der Waals surface area contributed by atoms with E-state index in [-0.39, 0.29) is 17.8 Å². The molecule has 0 bridgehead atoms. The Balaban J connectivity index is 2.10. The molecule has 1 unspecified atom stereocenters. The summed E-state index contributed by atoms with van der Waals surface area (Å²) in [4.78, 5) is 12.2. The van der Waals surface area contributed by atoms with Crippen LogP contribution >= 0.6 is 0 Å². The van der Waals surface area contributed by atoms with Crippen LogP contribution < -0.4 is 11.1 Å². The molecule has 1 aromatic rings. The third-order valence-corrected chi connectivity index (χ3v) is 3.68. The number of nitrogens with one attached hydrogen (secondary N) is 1. The molecular formula is C13H19N3O3. The number of nitrogens with two attached hydrogens (primary N) is 1. The zero-order valence-electron chi connectivity index (χ0n) is 11.4. The molecule has 0 saturated heterocycles. The molecule has 0 aliphatic heterocycles. The molecule has 4 N–H and O–H groups in total. The van der Waals surface area contributed by atoms with Gasteiger partial charge in [0, 0.05) is 5.56 Å². The highest BCUT2D eigenvalue weighted by Gasteiger charge is 2.54. The first-order valence-corrected chi connectivity index (χ1v) is 6.26. The van der Waals surface area contributed by atoms with Gasteiger partial charge >= 0.3 is 0 Å². The summed E-state index contributed by atoms with van der Waals surface area (Å²) in [6.07, 6.45) is 1.23. The van der Waals surface area contributed by atoms with Gasteiger partial charge < -0.3 is 20.7 Å². The van der Waals surface area contributed by atoms with Gasteiger partial charge in [-0.05, 0) is 39.7 Å². The van der Waals surface area contributed by atoms with Crippen molar-refractivity contribution in [1.29, 1.82) is 0 Å². The number of amides is 1. The number of hydrogen-bond acceptors (Lipinski definition) is 4. The van der Waals surface area contributed by atoms with Crippen LogP contribution in [-0.2, 0) is 4.79 Å². The summed E-state index contributed by atoms with van der Waals surface area (Å²) < 4.78 is 5.45. The first kappa shape index (κ1) is 13.5. The molecule has 1 aromatic heterocycles. The predicted molar refractivity (Wildman–Crippen MR) is 69.8 cm³/mol. The van der Waals surface area contributed by atoms with Crippen LogP contribution in [-0.4, -0.2) is 17.0 Å². The molecule has 0 aromatic carbocycles. The number of carbonyl (C=O) groups excluding carboxylic acids is 1. The van der Waals surface area contributed by atoms with E-state index in [0.717, 1.165) is 17.1 Å². The van der Waals surface area contributed by atoms with Crippen LogP contribution in [0.1, 0.15) is 42.9 Å². The van der Waals surface area contributed by atoms with Gasteiger partial charge in [-0.25, -0.2) is 0 Å². The SMILES string of the molecule is Cc1cc(C(C)NC(=O)C2(/C(N)=N/O)CC2)c(C)o1. The number of amidine groups is 1. The molecule has 1 saturated carbocycles. The van der Waals surface area contributed by atoms with Crippen molar-refractivity contribution in [2.45, 2.75) is 39.7 Å². The molecule has 0 spiro atoms. The van der Waals surface area contributed by atoms with Gasteiger partial charge in [-0.15, -0.1) is 0 Å². The fourth-order valence-corrected chi connectivity index (χ4v) is 2.31. The molecule has 0 radical (unpaired) electrons. The third-order valence-electron chi connectivity index (χ3n) is 3.68. The normalized spacial score (nSPS) is 19.0. The van der Waals surface area contributed by atoms with Gasteiger partial charge in [0.05, 0.1) is 6.04 Å². The minimum atomic E-state index is -0.824. The molecule has 1 aliphatic carbocycles. The van der Waals surface area contributed by atoms with Crippen molar-refractivity contribution in [3.8, 4) is 0 Å². The monoisotopic (exact) mass is 265 g/mol. The van der Waals surface area contributed by atoms with E-state index in [1.807, 2.05) is 26.8 Å². The van der Waals surface area contributed by atoms with E-state index in [1.165, 1.54) is 0 Å². The van der Waals surface area contributed by atoms with Crippen LogP contribution in [0.2, 0.25) is 0 Å². The Morgan fingerprint density at radius 2 is 2.21 bits per heavy atom. The maximum absolute atomic E-state index is 12.2. The Hall–Kier alpha value is -1.98. The minimum Gasteiger partial charge on any atom is -0.466 e. The van der Waals surface area contributed by atoms with Crippen LogP contribution in [0.25, 0.3) is 0 Å². The van der Waals surface area contributed by atoms with E-state index in [9.17, 15) is 4.79 Å². The number of rotatable bonds is 4. The largest absolute Gasteiger partial charge is 0.466 e. The highest BCUT2D eigenvalue weighted by molar-refractivity contribution is 6.09. The lowest BCUT2D eigenvalue weighted by atomic mass is 10.0. The van der Waals surface area contributed by atoms with Crippen LogP contribution in [0.5, 0.6) is 0 Å². The van der Waals surface area contributed by atoms with Crippen LogP contribution in [0.3, 0.4) is 0 Å². The predicted octanol–water partition coefficient (Wildman–Crippen LogP) is 1.60. The molecule has 1 fully saturated rings. The van der Waals surface area contributed by atoms with Gasteiger partial charge in [-0.1, -0.05) is 5.16 Å². The second kappa shape index (κ2) is 4.60. The molecule has 1 aliphatic rings. The van der Waals surface area contributed by atoms with Crippen LogP contribution in [0.4, 0.5) is 0 Å². The maximum Gasteiger partial charge on any atom is 0.234 e. The second-order valence-electron chi connectivity index (χ2n) is 5.13. The Morgan fingerprint density at radius 3 is 2.63 bits per heavy atom. The highest BCUT2D eigenvalue weighted by Crippen LogP contribution is 2.46. The molecule has 6 nitrogen and oxygen atoms in total. The van der Waals surface area contributed by atoms with Gasteiger partial charge in [0.1, 0.15) is 16.9 Å². The summed E-state index contributed by atoms with van der Waals surface area (Å²) in [5.41, 5.74) is 5.71. The van der Waals surface area contributed by atoms with Crippen molar-refractivity contribution in [3.63, 3.8) is 0 Å². The molecule has 1 amide bonds. The van der Waals surface area contributed by atoms with Crippen molar-refractivity contribution >= 4 is 11.7 Å². The van der Waals surface area contributed by atoms with Crippen molar-refractivity contribution in [2.24, 2.45) is 16.3 Å². The Labute approximate surface area is 111 Å². The van der Waals surface area contributed by atoms with E-state index in [0.29, 0.717) is 12.8 Å². The Kier molecular flexibility index (Phi) is 3.26. The standard InChI is InChI=1S/C13H19N3O3/c1-7-6-10(9(3)19-7)8(2)15-12(17)13(4-5-13)11(14)16-18/h6,8,18H,4-5H2,1-3H3,(H2,14,16)(H,15,17). The van der Waals surface area contributed by atoms with E-state index in [4.69, 9.17) is 15.4 Å². The highest BCUT2D eigenvalue weighted by atomic mass is 16.4. The first-order valence-electron chi connectivity index (χ1n) is 6.26. The minimum absolute atomic E-state index is 0.0164. The van der Waals surface area contributed by atoms with Gasteiger partial charge in [0.2, 0.25) is 5.91 Å². The first-order chi connectivity index (χ1) is 8.90. The van der Waals surface area contributed by atoms with Gasteiger partial charge in [-0.2, -0.15) is 0 Å². The van der Waals surface area contributed by atoms with Crippen LogP contribution in [0, 0.1) is 19.3 Å². The molecule has 1 atom stereocenters. The number of oxime groups is 1. The van der Waals surface area contributed by atoms with Crippen molar-refractivity contribution < 1.29 is 14.4 Å².